The zero-order chi connectivity index (χ0) is 12.4. The fourth-order valence-electron chi connectivity index (χ4n) is 2.16. The highest BCUT2D eigenvalue weighted by Crippen LogP contribution is 2.22. The first-order valence-electron chi connectivity index (χ1n) is 5.66. The van der Waals surface area contributed by atoms with Gasteiger partial charge in [0.25, 0.3) is 0 Å². The number of amides is 1. The van der Waals surface area contributed by atoms with Crippen LogP contribution in [0.5, 0.6) is 0 Å². The monoisotopic (exact) mass is 233 g/mol. The number of carbonyl (C=O) groups excluding carboxylic acids is 1. The summed E-state index contributed by atoms with van der Waals surface area (Å²) < 4.78 is 0. The van der Waals surface area contributed by atoms with Gasteiger partial charge in [0, 0.05) is 13.0 Å². The number of benzene rings is 1. The van der Waals surface area contributed by atoms with Gasteiger partial charge in [0.2, 0.25) is 5.91 Å². The maximum atomic E-state index is 11.7. The smallest absolute Gasteiger partial charge is 0.326 e. The molecule has 4 heteroatoms. The zero-order valence-electron chi connectivity index (χ0n) is 9.72. The van der Waals surface area contributed by atoms with Crippen molar-refractivity contribution in [3.8, 4) is 0 Å². The topological polar surface area (TPSA) is 57.6 Å². The van der Waals surface area contributed by atoms with Gasteiger partial charge in [-0.2, -0.15) is 0 Å². The van der Waals surface area contributed by atoms with Crippen LogP contribution in [0.4, 0.5) is 0 Å². The maximum absolute atomic E-state index is 11.7. The lowest BCUT2D eigenvalue weighted by atomic mass is 10.1. The Balaban J connectivity index is 2.19. The van der Waals surface area contributed by atoms with Crippen molar-refractivity contribution in [1.82, 2.24) is 4.90 Å². The summed E-state index contributed by atoms with van der Waals surface area (Å²) >= 11 is 0. The molecule has 1 N–H and O–H groups in total. The van der Waals surface area contributed by atoms with E-state index in [2.05, 4.69) is 0 Å². The van der Waals surface area contributed by atoms with E-state index in [0.29, 0.717) is 19.4 Å². The third-order valence-corrected chi connectivity index (χ3v) is 3.22. The van der Waals surface area contributed by atoms with Crippen LogP contribution in [0.2, 0.25) is 0 Å². The second kappa shape index (κ2) is 4.57. The molecule has 0 saturated carbocycles. The minimum Gasteiger partial charge on any atom is -0.480 e. The van der Waals surface area contributed by atoms with Crippen LogP contribution in [0.25, 0.3) is 0 Å². The van der Waals surface area contributed by atoms with Crippen LogP contribution in [0.1, 0.15) is 24.0 Å². The molecule has 1 amide bonds. The molecule has 0 aliphatic carbocycles. The molecule has 1 saturated heterocycles. The van der Waals surface area contributed by atoms with Gasteiger partial charge < -0.3 is 10.0 Å². The molecule has 1 aromatic rings. The molecule has 1 atom stereocenters. The van der Waals surface area contributed by atoms with E-state index < -0.39 is 12.0 Å². The Morgan fingerprint density at radius 1 is 1.47 bits per heavy atom. The second-order valence-electron chi connectivity index (χ2n) is 4.34. The molecule has 4 nitrogen and oxygen atoms in total. The Labute approximate surface area is 99.9 Å². The van der Waals surface area contributed by atoms with Crippen molar-refractivity contribution in [1.29, 1.82) is 0 Å². The largest absolute Gasteiger partial charge is 0.480 e. The summed E-state index contributed by atoms with van der Waals surface area (Å²) in [7, 11) is 0. The first-order chi connectivity index (χ1) is 8.09. The van der Waals surface area contributed by atoms with Gasteiger partial charge in [-0.1, -0.05) is 24.3 Å². The Kier molecular flexibility index (Phi) is 3.13. The number of carboxylic acid groups (broad SMARTS) is 1. The molecule has 1 aliphatic rings. The van der Waals surface area contributed by atoms with Gasteiger partial charge in [0.1, 0.15) is 6.04 Å². The molecule has 1 heterocycles. The van der Waals surface area contributed by atoms with Crippen LogP contribution >= 0.6 is 0 Å². The van der Waals surface area contributed by atoms with Gasteiger partial charge in [-0.3, -0.25) is 4.79 Å². The van der Waals surface area contributed by atoms with Crippen molar-refractivity contribution in [3.05, 3.63) is 35.4 Å². The van der Waals surface area contributed by atoms with Crippen molar-refractivity contribution >= 4 is 11.9 Å². The molecule has 2 rings (SSSR count). The van der Waals surface area contributed by atoms with Crippen LogP contribution in [0.3, 0.4) is 0 Å². The number of hydrogen-bond donors (Lipinski definition) is 1. The SMILES string of the molecule is Cc1ccccc1CN1C(=O)CC[C@H]1C(=O)O. The van der Waals surface area contributed by atoms with Crippen molar-refractivity contribution in [3.63, 3.8) is 0 Å². The molecule has 1 aliphatic heterocycles. The van der Waals surface area contributed by atoms with Gasteiger partial charge in [-0.05, 0) is 24.5 Å². The number of carboxylic acids is 1. The number of nitrogens with zero attached hydrogens (tertiary/aromatic N) is 1. The molecule has 90 valence electrons. The van der Waals surface area contributed by atoms with Crippen LogP contribution in [-0.2, 0) is 16.1 Å². The molecule has 1 fully saturated rings. The average Bonchev–Trinajstić information content (AvgIpc) is 2.64. The molecule has 0 aromatic heterocycles. The zero-order valence-corrected chi connectivity index (χ0v) is 9.72. The predicted molar refractivity (Wildman–Crippen MR) is 62.4 cm³/mol. The quantitative estimate of drug-likeness (QED) is 0.862. The Bertz CT molecular complexity index is 456. The van der Waals surface area contributed by atoms with E-state index in [-0.39, 0.29) is 5.91 Å². The Morgan fingerprint density at radius 3 is 2.82 bits per heavy atom. The Morgan fingerprint density at radius 2 is 2.18 bits per heavy atom. The number of hydrogen-bond acceptors (Lipinski definition) is 2. The number of aryl methyl sites for hydroxylation is 1. The lowest BCUT2D eigenvalue weighted by molar-refractivity contribution is -0.146. The fourth-order valence-corrected chi connectivity index (χ4v) is 2.16. The lowest BCUT2D eigenvalue weighted by Crippen LogP contribution is -2.38. The fraction of sp³-hybridized carbons (Fsp3) is 0.385. The molecule has 0 spiro atoms. The highest BCUT2D eigenvalue weighted by Gasteiger charge is 2.35. The van der Waals surface area contributed by atoms with Crippen LogP contribution in [0, 0.1) is 6.92 Å². The highest BCUT2D eigenvalue weighted by molar-refractivity contribution is 5.87. The number of rotatable bonds is 3. The first-order valence-corrected chi connectivity index (χ1v) is 5.66. The number of likely N-dealkylation sites (tertiary alicyclic amines) is 1. The van der Waals surface area contributed by atoms with E-state index in [1.807, 2.05) is 31.2 Å². The summed E-state index contributed by atoms with van der Waals surface area (Å²) in [6.45, 7) is 2.36. The van der Waals surface area contributed by atoms with Crippen molar-refractivity contribution in [2.75, 3.05) is 0 Å². The molecule has 1 aromatic carbocycles. The summed E-state index contributed by atoms with van der Waals surface area (Å²) in [6, 6.07) is 7.06. The van der Waals surface area contributed by atoms with Crippen molar-refractivity contribution < 1.29 is 14.7 Å². The van der Waals surface area contributed by atoms with E-state index in [1.165, 1.54) is 4.90 Å². The minimum atomic E-state index is -0.913. The molecule has 0 unspecified atom stereocenters. The van der Waals surface area contributed by atoms with Crippen molar-refractivity contribution in [2.45, 2.75) is 32.4 Å². The molecular weight excluding hydrogens is 218 g/mol. The molecule has 17 heavy (non-hydrogen) atoms. The number of aliphatic carboxylic acids is 1. The van der Waals surface area contributed by atoms with E-state index in [0.717, 1.165) is 11.1 Å². The molecule has 0 radical (unpaired) electrons. The predicted octanol–water partition coefficient (Wildman–Crippen LogP) is 1.57. The third-order valence-electron chi connectivity index (χ3n) is 3.22. The van der Waals surface area contributed by atoms with Crippen LogP contribution < -0.4 is 0 Å². The summed E-state index contributed by atoms with van der Waals surface area (Å²) in [6.07, 6.45) is 0.753. The summed E-state index contributed by atoms with van der Waals surface area (Å²) in [5.74, 6) is -0.981. The van der Waals surface area contributed by atoms with Crippen LogP contribution in [-0.4, -0.2) is 27.9 Å². The van der Waals surface area contributed by atoms with Gasteiger partial charge in [0.15, 0.2) is 0 Å². The molecule has 0 bridgehead atoms. The maximum Gasteiger partial charge on any atom is 0.326 e. The highest BCUT2D eigenvalue weighted by atomic mass is 16.4. The van der Waals surface area contributed by atoms with Gasteiger partial charge in [-0.25, -0.2) is 4.79 Å². The first kappa shape index (κ1) is 11.6. The summed E-state index contributed by atoms with van der Waals surface area (Å²) in [5, 5.41) is 9.05. The molecular formula is C13H15NO3. The van der Waals surface area contributed by atoms with Crippen molar-refractivity contribution in [2.24, 2.45) is 0 Å². The lowest BCUT2D eigenvalue weighted by Gasteiger charge is -2.22. The third kappa shape index (κ3) is 2.30. The van der Waals surface area contributed by atoms with Gasteiger partial charge >= 0.3 is 5.97 Å². The van der Waals surface area contributed by atoms with E-state index in [1.54, 1.807) is 0 Å². The minimum absolute atomic E-state index is 0.0688. The number of carbonyl (C=O) groups is 2. The normalized spacial score (nSPS) is 19.7. The van der Waals surface area contributed by atoms with Gasteiger partial charge in [-0.15, -0.1) is 0 Å². The Hall–Kier alpha value is -1.84. The second-order valence-corrected chi connectivity index (χ2v) is 4.34. The standard InChI is InChI=1S/C13H15NO3/c1-9-4-2-3-5-10(9)8-14-11(13(16)17)6-7-12(14)15/h2-5,11H,6-8H2,1H3,(H,16,17)/t11-/m0/s1. The summed E-state index contributed by atoms with van der Waals surface area (Å²) in [4.78, 5) is 24.2. The summed E-state index contributed by atoms with van der Waals surface area (Å²) in [5.41, 5.74) is 2.09. The van der Waals surface area contributed by atoms with E-state index >= 15 is 0 Å². The van der Waals surface area contributed by atoms with Crippen LogP contribution in [0.15, 0.2) is 24.3 Å². The average molecular weight is 233 g/mol. The van der Waals surface area contributed by atoms with Gasteiger partial charge in [0.05, 0.1) is 0 Å². The van der Waals surface area contributed by atoms with E-state index in [4.69, 9.17) is 5.11 Å². The van der Waals surface area contributed by atoms with E-state index in [9.17, 15) is 9.59 Å².